The molecule has 0 heterocycles. The molecule has 0 spiro atoms. The topological polar surface area (TPSA) is 30.5 Å². The highest BCUT2D eigenvalue weighted by Gasteiger charge is 2.11. The van der Waals surface area contributed by atoms with Crippen molar-refractivity contribution in [1.29, 1.82) is 0 Å². The zero-order chi connectivity index (χ0) is 13.4. The Balaban J connectivity index is 2.70. The van der Waals surface area contributed by atoms with Crippen LogP contribution in [0.2, 0.25) is 0 Å². The van der Waals surface area contributed by atoms with Crippen molar-refractivity contribution in [2.24, 2.45) is 0 Å². The Bertz CT molecular complexity index is 358. The molecule has 0 bridgehead atoms. The lowest BCUT2D eigenvalue weighted by molar-refractivity contribution is 0.171. The summed E-state index contributed by atoms with van der Waals surface area (Å²) in [6.07, 6.45) is 0.901. The molecule has 0 aliphatic heterocycles. The van der Waals surface area contributed by atoms with Crippen molar-refractivity contribution in [3.05, 3.63) is 28.2 Å². The molecular formula is C14H22BrNO2. The molecule has 102 valence electrons. The number of nitrogens with one attached hydrogen (secondary N) is 1. The van der Waals surface area contributed by atoms with Crippen LogP contribution in [0.1, 0.15) is 31.9 Å². The first-order valence-corrected chi connectivity index (χ1v) is 7.13. The van der Waals surface area contributed by atoms with E-state index in [4.69, 9.17) is 9.47 Å². The van der Waals surface area contributed by atoms with Crippen LogP contribution in [0.25, 0.3) is 0 Å². The highest BCUT2D eigenvalue weighted by Crippen LogP contribution is 2.28. The molecule has 1 atom stereocenters. The predicted molar refractivity (Wildman–Crippen MR) is 78.2 cm³/mol. The normalized spacial score (nSPS) is 12.4. The molecule has 0 amide bonds. The van der Waals surface area contributed by atoms with Gasteiger partial charge in [0.25, 0.3) is 0 Å². The smallest absolute Gasteiger partial charge is 0.125 e. The maximum Gasteiger partial charge on any atom is 0.125 e. The van der Waals surface area contributed by atoms with Crippen LogP contribution in [0, 0.1) is 0 Å². The third-order valence-corrected chi connectivity index (χ3v) is 3.20. The van der Waals surface area contributed by atoms with Crippen molar-refractivity contribution in [3.8, 4) is 5.75 Å². The molecule has 1 unspecified atom stereocenters. The zero-order valence-corrected chi connectivity index (χ0v) is 12.9. The van der Waals surface area contributed by atoms with E-state index < -0.39 is 0 Å². The second kappa shape index (κ2) is 8.51. The molecule has 1 aromatic carbocycles. The van der Waals surface area contributed by atoms with Gasteiger partial charge in [-0.05, 0) is 25.6 Å². The predicted octanol–water partition coefficient (Wildman–Crippen LogP) is 3.53. The fraction of sp³-hybridized carbons (Fsp3) is 0.571. The Kier molecular flexibility index (Phi) is 7.32. The molecule has 0 saturated heterocycles. The van der Waals surface area contributed by atoms with E-state index in [2.05, 4.69) is 41.2 Å². The Morgan fingerprint density at radius 1 is 1.33 bits per heavy atom. The molecule has 4 heteroatoms. The minimum absolute atomic E-state index is 0.292. The van der Waals surface area contributed by atoms with Crippen LogP contribution in [-0.2, 0) is 4.74 Å². The molecule has 0 aliphatic rings. The molecule has 18 heavy (non-hydrogen) atoms. The number of rotatable bonds is 8. The maximum atomic E-state index is 5.84. The van der Waals surface area contributed by atoms with Crippen molar-refractivity contribution < 1.29 is 9.47 Å². The average molecular weight is 316 g/mol. The Morgan fingerprint density at radius 2 is 2.11 bits per heavy atom. The molecule has 3 nitrogen and oxygen atoms in total. The number of ether oxygens (including phenoxy) is 2. The van der Waals surface area contributed by atoms with Gasteiger partial charge in [-0.2, -0.15) is 0 Å². The van der Waals surface area contributed by atoms with Gasteiger partial charge in [-0.1, -0.05) is 28.9 Å². The molecule has 0 radical (unpaired) electrons. The second-order valence-corrected chi connectivity index (χ2v) is 5.07. The van der Waals surface area contributed by atoms with Crippen molar-refractivity contribution in [2.75, 3.05) is 26.9 Å². The maximum absolute atomic E-state index is 5.84. The Hall–Kier alpha value is -0.580. The van der Waals surface area contributed by atoms with Crippen LogP contribution in [0.3, 0.4) is 0 Å². The van der Waals surface area contributed by atoms with Crippen LogP contribution in [-0.4, -0.2) is 26.9 Å². The molecule has 0 aliphatic carbocycles. The van der Waals surface area contributed by atoms with Gasteiger partial charge >= 0.3 is 0 Å². The van der Waals surface area contributed by atoms with Crippen LogP contribution in [0.5, 0.6) is 5.75 Å². The molecule has 1 aromatic rings. The number of hydrogen-bond acceptors (Lipinski definition) is 3. The van der Waals surface area contributed by atoms with Crippen LogP contribution >= 0.6 is 15.9 Å². The molecule has 1 N–H and O–H groups in total. The van der Waals surface area contributed by atoms with Gasteiger partial charge in [-0.3, -0.25) is 0 Å². The number of halogens is 1. The number of methoxy groups -OCH3 is 1. The third-order valence-electron chi connectivity index (χ3n) is 2.70. The van der Waals surface area contributed by atoms with Gasteiger partial charge < -0.3 is 14.8 Å². The highest BCUT2D eigenvalue weighted by atomic mass is 79.9. The molecule has 1 rings (SSSR count). The van der Waals surface area contributed by atoms with E-state index >= 15 is 0 Å². The van der Waals surface area contributed by atoms with E-state index in [1.54, 1.807) is 7.11 Å². The van der Waals surface area contributed by atoms with Gasteiger partial charge in [0.2, 0.25) is 0 Å². The molecule has 0 aromatic heterocycles. The first kappa shape index (κ1) is 15.5. The van der Waals surface area contributed by atoms with Crippen molar-refractivity contribution in [2.45, 2.75) is 26.3 Å². The SMILES string of the molecule is CCNC(C)c1ccc(Br)cc1OCCCOC. The lowest BCUT2D eigenvalue weighted by Gasteiger charge is -2.18. The number of hydrogen-bond donors (Lipinski definition) is 1. The summed E-state index contributed by atoms with van der Waals surface area (Å²) in [5.74, 6) is 0.939. The van der Waals surface area contributed by atoms with E-state index in [0.29, 0.717) is 12.6 Å². The first-order chi connectivity index (χ1) is 8.69. The first-order valence-electron chi connectivity index (χ1n) is 6.33. The van der Waals surface area contributed by atoms with Gasteiger partial charge in [0.15, 0.2) is 0 Å². The van der Waals surface area contributed by atoms with Gasteiger partial charge in [-0.15, -0.1) is 0 Å². The van der Waals surface area contributed by atoms with E-state index in [9.17, 15) is 0 Å². The monoisotopic (exact) mass is 315 g/mol. The standard InChI is InChI=1S/C14H22BrNO2/c1-4-16-11(2)13-7-6-12(15)10-14(13)18-9-5-8-17-3/h6-7,10-11,16H,4-5,8-9H2,1-3H3. The summed E-state index contributed by atoms with van der Waals surface area (Å²) in [4.78, 5) is 0. The Morgan fingerprint density at radius 3 is 2.78 bits per heavy atom. The minimum atomic E-state index is 0.292. The van der Waals surface area contributed by atoms with Crippen molar-refractivity contribution >= 4 is 15.9 Å². The summed E-state index contributed by atoms with van der Waals surface area (Å²) >= 11 is 3.48. The molecular weight excluding hydrogens is 294 g/mol. The van der Waals surface area contributed by atoms with E-state index in [0.717, 1.165) is 29.8 Å². The summed E-state index contributed by atoms with van der Waals surface area (Å²) in [6, 6.07) is 6.46. The van der Waals surface area contributed by atoms with Crippen molar-refractivity contribution in [3.63, 3.8) is 0 Å². The summed E-state index contributed by atoms with van der Waals surface area (Å²) in [6.45, 7) is 6.60. The fourth-order valence-corrected chi connectivity index (χ4v) is 2.13. The summed E-state index contributed by atoms with van der Waals surface area (Å²) in [7, 11) is 1.71. The lowest BCUT2D eigenvalue weighted by atomic mass is 10.1. The van der Waals surface area contributed by atoms with E-state index in [1.165, 1.54) is 5.56 Å². The molecule has 0 saturated carbocycles. The summed E-state index contributed by atoms with van der Waals surface area (Å²) in [5, 5.41) is 3.40. The summed E-state index contributed by atoms with van der Waals surface area (Å²) < 4.78 is 11.9. The fourth-order valence-electron chi connectivity index (χ4n) is 1.79. The van der Waals surface area contributed by atoms with Gasteiger partial charge in [-0.25, -0.2) is 0 Å². The molecule has 0 fully saturated rings. The zero-order valence-electron chi connectivity index (χ0n) is 11.3. The average Bonchev–Trinajstić information content (AvgIpc) is 2.35. The van der Waals surface area contributed by atoms with Crippen LogP contribution in [0.4, 0.5) is 0 Å². The van der Waals surface area contributed by atoms with Crippen LogP contribution in [0.15, 0.2) is 22.7 Å². The number of benzene rings is 1. The van der Waals surface area contributed by atoms with Crippen molar-refractivity contribution in [1.82, 2.24) is 5.32 Å². The summed E-state index contributed by atoms with van der Waals surface area (Å²) in [5.41, 5.74) is 1.19. The van der Waals surface area contributed by atoms with Gasteiger partial charge in [0.1, 0.15) is 5.75 Å². The highest BCUT2D eigenvalue weighted by molar-refractivity contribution is 9.10. The van der Waals surface area contributed by atoms with Gasteiger partial charge in [0, 0.05) is 36.2 Å². The minimum Gasteiger partial charge on any atom is -0.493 e. The quantitative estimate of drug-likeness (QED) is 0.744. The van der Waals surface area contributed by atoms with E-state index in [1.807, 2.05) is 12.1 Å². The van der Waals surface area contributed by atoms with Crippen LogP contribution < -0.4 is 10.1 Å². The van der Waals surface area contributed by atoms with E-state index in [-0.39, 0.29) is 0 Å². The lowest BCUT2D eigenvalue weighted by Crippen LogP contribution is -2.18. The van der Waals surface area contributed by atoms with Gasteiger partial charge in [0.05, 0.1) is 6.61 Å². The Labute approximate surface area is 118 Å². The second-order valence-electron chi connectivity index (χ2n) is 4.16. The largest absolute Gasteiger partial charge is 0.493 e. The third kappa shape index (κ3) is 4.96.